The summed E-state index contributed by atoms with van der Waals surface area (Å²) in [6.07, 6.45) is -1.05. The van der Waals surface area contributed by atoms with Gasteiger partial charge in [0.2, 0.25) is 11.5 Å². The molecular formula is C4H6FNOS. The molecule has 1 aliphatic heterocycles. The Labute approximate surface area is 51.1 Å². The SMILES string of the molecule is COC1=NC(F)CS1. The Morgan fingerprint density at radius 2 is 2.75 bits per heavy atom. The van der Waals surface area contributed by atoms with E-state index in [9.17, 15) is 4.39 Å². The van der Waals surface area contributed by atoms with Gasteiger partial charge in [-0.05, 0) is 0 Å². The summed E-state index contributed by atoms with van der Waals surface area (Å²) in [5, 5.41) is 0.456. The number of hydrogen-bond acceptors (Lipinski definition) is 3. The van der Waals surface area contributed by atoms with E-state index in [4.69, 9.17) is 0 Å². The van der Waals surface area contributed by atoms with Crippen LogP contribution in [0.15, 0.2) is 4.99 Å². The largest absolute Gasteiger partial charge is 0.476 e. The van der Waals surface area contributed by atoms with Crippen LogP contribution < -0.4 is 0 Å². The molecule has 1 heterocycles. The highest BCUT2D eigenvalue weighted by molar-refractivity contribution is 8.13. The van der Waals surface area contributed by atoms with Gasteiger partial charge >= 0.3 is 0 Å². The zero-order valence-electron chi connectivity index (χ0n) is 4.43. The Kier molecular flexibility index (Phi) is 1.73. The second kappa shape index (κ2) is 2.35. The maximum atomic E-state index is 12.1. The number of halogens is 1. The monoisotopic (exact) mass is 135 g/mol. The molecule has 1 aliphatic rings. The minimum atomic E-state index is -1.05. The van der Waals surface area contributed by atoms with Crippen molar-refractivity contribution in [2.45, 2.75) is 6.30 Å². The Balaban J connectivity index is 2.44. The number of hydrogen-bond donors (Lipinski definition) is 0. The zero-order chi connectivity index (χ0) is 5.98. The van der Waals surface area contributed by atoms with E-state index in [0.717, 1.165) is 0 Å². The number of methoxy groups -OCH3 is 1. The Hall–Kier alpha value is -0.250. The zero-order valence-corrected chi connectivity index (χ0v) is 5.24. The molecule has 1 unspecified atom stereocenters. The minimum absolute atomic E-state index is 0.406. The van der Waals surface area contributed by atoms with Gasteiger partial charge < -0.3 is 4.74 Å². The molecule has 0 fully saturated rings. The van der Waals surface area contributed by atoms with Gasteiger partial charge in [-0.3, -0.25) is 0 Å². The van der Waals surface area contributed by atoms with Crippen LogP contribution in [0.2, 0.25) is 0 Å². The van der Waals surface area contributed by atoms with Crippen molar-refractivity contribution in [3.63, 3.8) is 0 Å². The molecule has 46 valence electrons. The molecule has 0 aromatic carbocycles. The lowest BCUT2D eigenvalue weighted by atomic mass is 10.7. The molecule has 0 saturated heterocycles. The van der Waals surface area contributed by atoms with Gasteiger partial charge in [0.15, 0.2) is 0 Å². The first-order chi connectivity index (χ1) is 3.83. The van der Waals surface area contributed by atoms with Gasteiger partial charge in [-0.15, -0.1) is 0 Å². The van der Waals surface area contributed by atoms with Crippen molar-refractivity contribution in [2.24, 2.45) is 4.99 Å². The smallest absolute Gasteiger partial charge is 0.248 e. The van der Waals surface area contributed by atoms with E-state index in [1.54, 1.807) is 0 Å². The van der Waals surface area contributed by atoms with E-state index >= 15 is 0 Å². The van der Waals surface area contributed by atoms with Crippen LogP contribution in [0.1, 0.15) is 0 Å². The summed E-state index contributed by atoms with van der Waals surface area (Å²) in [6, 6.07) is 0. The summed E-state index contributed by atoms with van der Waals surface area (Å²) < 4.78 is 16.7. The van der Waals surface area contributed by atoms with Gasteiger partial charge in [-0.25, -0.2) is 9.38 Å². The summed E-state index contributed by atoms with van der Waals surface area (Å²) in [5.41, 5.74) is 0. The Morgan fingerprint density at radius 3 is 3.00 bits per heavy atom. The first-order valence-corrected chi connectivity index (χ1v) is 3.20. The number of nitrogens with zero attached hydrogens (tertiary/aromatic N) is 1. The molecular weight excluding hydrogens is 129 g/mol. The molecule has 0 aliphatic carbocycles. The lowest BCUT2D eigenvalue weighted by molar-refractivity contribution is 0.367. The Bertz CT molecular complexity index is 117. The number of aliphatic imine (C=N–C) groups is 1. The second-order valence-corrected chi connectivity index (χ2v) is 2.32. The molecule has 0 radical (unpaired) electrons. The molecule has 2 nitrogen and oxygen atoms in total. The molecule has 0 aromatic rings. The number of ether oxygens (including phenoxy) is 1. The van der Waals surface area contributed by atoms with Crippen LogP contribution in [0.4, 0.5) is 4.39 Å². The first kappa shape index (κ1) is 5.88. The highest BCUT2D eigenvalue weighted by atomic mass is 32.2. The van der Waals surface area contributed by atoms with E-state index in [1.807, 2.05) is 0 Å². The van der Waals surface area contributed by atoms with Crippen LogP contribution >= 0.6 is 11.8 Å². The third-order valence-corrected chi connectivity index (χ3v) is 1.73. The van der Waals surface area contributed by atoms with Crippen molar-refractivity contribution in [3.05, 3.63) is 0 Å². The molecule has 0 N–H and O–H groups in total. The highest BCUT2D eigenvalue weighted by Gasteiger charge is 2.16. The van der Waals surface area contributed by atoms with Crippen molar-refractivity contribution in [1.29, 1.82) is 0 Å². The van der Waals surface area contributed by atoms with Gasteiger partial charge in [0.25, 0.3) is 0 Å². The fourth-order valence-corrected chi connectivity index (χ4v) is 1.10. The quantitative estimate of drug-likeness (QED) is 0.463. The average molecular weight is 135 g/mol. The van der Waals surface area contributed by atoms with Crippen molar-refractivity contribution < 1.29 is 9.13 Å². The molecule has 1 atom stereocenters. The summed E-state index contributed by atoms with van der Waals surface area (Å²) in [6.45, 7) is 0. The van der Waals surface area contributed by atoms with Gasteiger partial charge in [-0.2, -0.15) is 0 Å². The van der Waals surface area contributed by atoms with Crippen LogP contribution in [0.5, 0.6) is 0 Å². The van der Waals surface area contributed by atoms with Gasteiger partial charge in [0.1, 0.15) is 0 Å². The summed E-state index contributed by atoms with van der Waals surface area (Å²) in [5.74, 6) is 0.406. The van der Waals surface area contributed by atoms with Crippen molar-refractivity contribution >= 4 is 17.0 Å². The van der Waals surface area contributed by atoms with Gasteiger partial charge in [0.05, 0.1) is 12.9 Å². The molecule has 0 amide bonds. The predicted octanol–water partition coefficient (Wildman–Crippen LogP) is 1.03. The lowest BCUT2D eigenvalue weighted by Crippen LogP contribution is -1.90. The topological polar surface area (TPSA) is 21.6 Å². The summed E-state index contributed by atoms with van der Waals surface area (Å²) >= 11 is 1.30. The van der Waals surface area contributed by atoms with E-state index in [-0.39, 0.29) is 0 Å². The molecule has 0 spiro atoms. The molecule has 8 heavy (non-hydrogen) atoms. The predicted molar refractivity (Wildman–Crippen MR) is 31.8 cm³/mol. The molecule has 0 saturated carbocycles. The van der Waals surface area contributed by atoms with E-state index in [0.29, 0.717) is 11.0 Å². The summed E-state index contributed by atoms with van der Waals surface area (Å²) in [4.78, 5) is 3.50. The maximum absolute atomic E-state index is 12.1. The fourth-order valence-electron chi connectivity index (χ4n) is 0.441. The molecule has 4 heteroatoms. The molecule has 0 bridgehead atoms. The fraction of sp³-hybridized carbons (Fsp3) is 0.750. The lowest BCUT2D eigenvalue weighted by Gasteiger charge is -1.90. The Morgan fingerprint density at radius 1 is 2.00 bits per heavy atom. The third-order valence-electron chi connectivity index (χ3n) is 0.764. The van der Waals surface area contributed by atoms with Crippen LogP contribution in [-0.4, -0.2) is 24.4 Å². The van der Waals surface area contributed by atoms with Crippen LogP contribution in [0, 0.1) is 0 Å². The van der Waals surface area contributed by atoms with Crippen molar-refractivity contribution in [2.75, 3.05) is 12.9 Å². The second-order valence-electron chi connectivity index (χ2n) is 1.34. The molecule has 1 rings (SSSR count). The third kappa shape index (κ3) is 1.12. The van der Waals surface area contributed by atoms with E-state index in [1.165, 1.54) is 18.9 Å². The number of thioether (sulfide) groups is 1. The first-order valence-electron chi connectivity index (χ1n) is 2.21. The minimum Gasteiger partial charge on any atom is -0.476 e. The number of alkyl halides is 1. The summed E-state index contributed by atoms with van der Waals surface area (Å²) in [7, 11) is 1.49. The highest BCUT2D eigenvalue weighted by Crippen LogP contribution is 2.18. The van der Waals surface area contributed by atoms with Gasteiger partial charge in [-0.1, -0.05) is 11.8 Å². The van der Waals surface area contributed by atoms with E-state index < -0.39 is 6.30 Å². The molecule has 0 aromatic heterocycles. The van der Waals surface area contributed by atoms with Crippen LogP contribution in [-0.2, 0) is 4.74 Å². The normalized spacial score (nSPS) is 27.8. The van der Waals surface area contributed by atoms with Crippen molar-refractivity contribution in [1.82, 2.24) is 0 Å². The van der Waals surface area contributed by atoms with Crippen LogP contribution in [0.3, 0.4) is 0 Å². The standard InChI is InChI=1S/C4H6FNOS/c1-7-4-6-3(5)2-8-4/h3H,2H2,1H3. The van der Waals surface area contributed by atoms with E-state index in [2.05, 4.69) is 9.73 Å². The number of rotatable bonds is 0. The van der Waals surface area contributed by atoms with Crippen molar-refractivity contribution in [3.8, 4) is 0 Å². The van der Waals surface area contributed by atoms with Crippen LogP contribution in [0.25, 0.3) is 0 Å². The van der Waals surface area contributed by atoms with Gasteiger partial charge in [0, 0.05) is 0 Å². The average Bonchev–Trinajstić information content (AvgIpc) is 2.14. The maximum Gasteiger partial charge on any atom is 0.248 e.